The number of rotatable bonds is 3. The van der Waals surface area contributed by atoms with Crippen LogP contribution >= 0.6 is 0 Å². The Labute approximate surface area is 78.9 Å². The lowest BCUT2D eigenvalue weighted by molar-refractivity contribution is 0.0198. The first-order chi connectivity index (χ1) is 5.79. The molecular weight excluding hydrogens is 172 g/mol. The van der Waals surface area contributed by atoms with Crippen molar-refractivity contribution in [2.75, 3.05) is 6.54 Å². The molecular formula is C10H19F2N. The Hall–Kier alpha value is -0.180. The lowest BCUT2D eigenvalue weighted by atomic mass is 9.92. The first kappa shape index (κ1) is 10.9. The number of alkyl halides is 2. The molecule has 3 heteroatoms. The SMILES string of the molecule is CC(F)(F)CNC1CCC(C)(C)C1. The van der Waals surface area contributed by atoms with Gasteiger partial charge in [0.05, 0.1) is 6.54 Å². The van der Waals surface area contributed by atoms with Gasteiger partial charge in [-0.15, -0.1) is 0 Å². The number of nitrogens with one attached hydrogen (secondary N) is 1. The molecule has 1 unspecified atom stereocenters. The van der Waals surface area contributed by atoms with Crippen LogP contribution in [-0.2, 0) is 0 Å². The fourth-order valence-corrected chi connectivity index (χ4v) is 1.93. The van der Waals surface area contributed by atoms with Crippen LogP contribution in [0.5, 0.6) is 0 Å². The summed E-state index contributed by atoms with van der Waals surface area (Å²) in [4.78, 5) is 0. The van der Waals surface area contributed by atoms with Gasteiger partial charge in [0, 0.05) is 13.0 Å². The molecule has 0 saturated heterocycles. The third-order valence-corrected chi connectivity index (χ3v) is 2.67. The van der Waals surface area contributed by atoms with Crippen molar-refractivity contribution in [3.63, 3.8) is 0 Å². The highest BCUT2D eigenvalue weighted by Gasteiger charge is 2.32. The summed E-state index contributed by atoms with van der Waals surface area (Å²) >= 11 is 0. The van der Waals surface area contributed by atoms with Crippen molar-refractivity contribution in [3.8, 4) is 0 Å². The van der Waals surface area contributed by atoms with Crippen LogP contribution in [0.2, 0.25) is 0 Å². The molecule has 1 saturated carbocycles. The van der Waals surface area contributed by atoms with E-state index in [9.17, 15) is 8.78 Å². The second kappa shape index (κ2) is 3.52. The van der Waals surface area contributed by atoms with Crippen LogP contribution in [0, 0.1) is 5.41 Å². The molecule has 1 N–H and O–H groups in total. The maximum absolute atomic E-state index is 12.5. The summed E-state index contributed by atoms with van der Waals surface area (Å²) in [6, 6.07) is 0.292. The molecule has 1 fully saturated rings. The summed E-state index contributed by atoms with van der Waals surface area (Å²) in [5, 5.41) is 2.93. The molecule has 1 rings (SSSR count). The van der Waals surface area contributed by atoms with Crippen molar-refractivity contribution in [2.45, 2.75) is 52.0 Å². The fourth-order valence-electron chi connectivity index (χ4n) is 1.93. The first-order valence-corrected chi connectivity index (χ1v) is 4.90. The van der Waals surface area contributed by atoms with Crippen LogP contribution in [0.25, 0.3) is 0 Å². The van der Waals surface area contributed by atoms with Gasteiger partial charge in [-0.1, -0.05) is 13.8 Å². The summed E-state index contributed by atoms with van der Waals surface area (Å²) in [5.74, 6) is -2.58. The van der Waals surface area contributed by atoms with E-state index >= 15 is 0 Å². The minimum absolute atomic E-state index is 0.187. The zero-order valence-corrected chi connectivity index (χ0v) is 8.66. The van der Waals surface area contributed by atoms with Crippen molar-refractivity contribution < 1.29 is 8.78 Å². The van der Waals surface area contributed by atoms with E-state index in [1.165, 1.54) is 0 Å². The van der Waals surface area contributed by atoms with Crippen molar-refractivity contribution >= 4 is 0 Å². The van der Waals surface area contributed by atoms with E-state index in [1.807, 2.05) is 0 Å². The third kappa shape index (κ3) is 4.03. The Kier molecular flexibility index (Phi) is 2.95. The molecule has 0 heterocycles. The first-order valence-electron chi connectivity index (χ1n) is 4.90. The molecule has 0 bridgehead atoms. The molecule has 1 nitrogen and oxygen atoms in total. The van der Waals surface area contributed by atoms with Gasteiger partial charge in [0.2, 0.25) is 0 Å². The molecule has 1 aliphatic carbocycles. The minimum atomic E-state index is -2.58. The van der Waals surface area contributed by atoms with E-state index in [1.54, 1.807) is 0 Å². The largest absolute Gasteiger partial charge is 0.308 e. The summed E-state index contributed by atoms with van der Waals surface area (Å²) in [7, 11) is 0. The Morgan fingerprint density at radius 3 is 2.46 bits per heavy atom. The van der Waals surface area contributed by atoms with Gasteiger partial charge in [0.25, 0.3) is 5.92 Å². The van der Waals surface area contributed by atoms with Gasteiger partial charge >= 0.3 is 0 Å². The third-order valence-electron chi connectivity index (χ3n) is 2.67. The van der Waals surface area contributed by atoms with Crippen molar-refractivity contribution in [1.82, 2.24) is 5.32 Å². The van der Waals surface area contributed by atoms with Gasteiger partial charge in [0.1, 0.15) is 0 Å². The van der Waals surface area contributed by atoms with Crippen molar-refractivity contribution in [3.05, 3.63) is 0 Å². The molecule has 0 amide bonds. The van der Waals surface area contributed by atoms with Crippen LogP contribution in [0.3, 0.4) is 0 Å². The fraction of sp³-hybridized carbons (Fsp3) is 1.00. The van der Waals surface area contributed by atoms with Gasteiger partial charge in [-0.2, -0.15) is 0 Å². The highest BCUT2D eigenvalue weighted by molar-refractivity contribution is 4.86. The van der Waals surface area contributed by atoms with Crippen LogP contribution in [0.1, 0.15) is 40.0 Å². The summed E-state index contributed by atoms with van der Waals surface area (Å²) < 4.78 is 25.0. The Morgan fingerprint density at radius 1 is 1.46 bits per heavy atom. The van der Waals surface area contributed by atoms with Crippen molar-refractivity contribution in [1.29, 1.82) is 0 Å². The van der Waals surface area contributed by atoms with Gasteiger partial charge in [-0.25, -0.2) is 8.78 Å². The molecule has 0 aliphatic heterocycles. The summed E-state index contributed by atoms with van der Waals surface area (Å²) in [6.07, 6.45) is 3.19. The van der Waals surface area contributed by atoms with Gasteiger partial charge in [0.15, 0.2) is 0 Å². The number of hydrogen-bond donors (Lipinski definition) is 1. The van der Waals surface area contributed by atoms with E-state index in [0.29, 0.717) is 11.5 Å². The van der Waals surface area contributed by atoms with E-state index in [0.717, 1.165) is 26.2 Å². The average molecular weight is 191 g/mol. The van der Waals surface area contributed by atoms with Crippen LogP contribution in [0.4, 0.5) is 8.78 Å². The number of halogens is 2. The molecule has 1 atom stereocenters. The van der Waals surface area contributed by atoms with Crippen LogP contribution in [0.15, 0.2) is 0 Å². The normalized spacial score (nSPS) is 27.9. The lowest BCUT2D eigenvalue weighted by Crippen LogP contribution is -2.36. The van der Waals surface area contributed by atoms with Gasteiger partial charge < -0.3 is 5.32 Å². The average Bonchev–Trinajstić information content (AvgIpc) is 2.24. The quantitative estimate of drug-likeness (QED) is 0.723. The molecule has 0 spiro atoms. The molecule has 1 aliphatic rings. The second-order valence-electron chi connectivity index (χ2n) is 5.06. The lowest BCUT2D eigenvalue weighted by Gasteiger charge is -2.19. The predicted octanol–water partition coefficient (Wildman–Crippen LogP) is 2.81. The number of hydrogen-bond acceptors (Lipinski definition) is 1. The molecule has 0 aromatic carbocycles. The van der Waals surface area contributed by atoms with Crippen LogP contribution < -0.4 is 5.32 Å². The van der Waals surface area contributed by atoms with Gasteiger partial charge in [-0.05, 0) is 24.7 Å². The van der Waals surface area contributed by atoms with E-state index < -0.39 is 5.92 Å². The molecule has 78 valence electrons. The molecule has 0 radical (unpaired) electrons. The zero-order valence-electron chi connectivity index (χ0n) is 8.66. The molecule has 0 aromatic rings. The van der Waals surface area contributed by atoms with Crippen molar-refractivity contribution in [2.24, 2.45) is 5.41 Å². The maximum atomic E-state index is 12.5. The Balaban J connectivity index is 2.25. The van der Waals surface area contributed by atoms with E-state index in [2.05, 4.69) is 19.2 Å². The zero-order chi connectivity index (χ0) is 10.1. The summed E-state index contributed by atoms with van der Waals surface area (Å²) in [5.41, 5.74) is 0.334. The standard InChI is InChI=1S/C10H19F2N/c1-9(2)5-4-8(6-9)13-7-10(3,11)12/h8,13H,4-7H2,1-3H3. The van der Waals surface area contributed by atoms with E-state index in [-0.39, 0.29) is 6.54 Å². The van der Waals surface area contributed by atoms with E-state index in [4.69, 9.17) is 0 Å². The minimum Gasteiger partial charge on any atom is -0.308 e. The predicted molar refractivity (Wildman–Crippen MR) is 50.0 cm³/mol. The monoisotopic (exact) mass is 191 g/mol. The Bertz CT molecular complexity index is 172. The Morgan fingerprint density at radius 2 is 2.08 bits per heavy atom. The van der Waals surface area contributed by atoms with Gasteiger partial charge in [-0.3, -0.25) is 0 Å². The maximum Gasteiger partial charge on any atom is 0.257 e. The highest BCUT2D eigenvalue weighted by atomic mass is 19.3. The smallest absolute Gasteiger partial charge is 0.257 e. The summed E-state index contributed by atoms with van der Waals surface area (Å²) in [6.45, 7) is 5.16. The second-order valence-corrected chi connectivity index (χ2v) is 5.06. The highest BCUT2D eigenvalue weighted by Crippen LogP contribution is 2.36. The topological polar surface area (TPSA) is 12.0 Å². The molecule has 13 heavy (non-hydrogen) atoms. The molecule has 0 aromatic heterocycles. The van der Waals surface area contributed by atoms with Crippen LogP contribution in [-0.4, -0.2) is 18.5 Å².